The Morgan fingerprint density at radius 1 is 1.14 bits per heavy atom. The fourth-order valence-electron chi connectivity index (χ4n) is 1.64. The number of hydrogen-bond donors (Lipinski definition) is 1. The number of hydrogen-bond acceptors (Lipinski definition) is 3. The van der Waals surface area contributed by atoms with Crippen LogP contribution in [0.3, 0.4) is 0 Å². The third kappa shape index (κ3) is 4.79. The van der Waals surface area contributed by atoms with Gasteiger partial charge in [0.25, 0.3) is 0 Å². The molecule has 0 radical (unpaired) electrons. The largest absolute Gasteiger partial charge is 0.436 e. The number of pyridine rings is 1. The van der Waals surface area contributed by atoms with Gasteiger partial charge in [-0.25, -0.2) is 13.8 Å². The van der Waals surface area contributed by atoms with Crippen LogP contribution in [0.15, 0.2) is 36.4 Å². The Hall–Kier alpha value is -2.01. The van der Waals surface area contributed by atoms with E-state index < -0.39 is 11.6 Å². The topological polar surface area (TPSA) is 34.1 Å². The molecule has 112 valence electrons. The second-order valence-electron chi connectivity index (χ2n) is 5.75. The predicted molar refractivity (Wildman–Crippen MR) is 77.3 cm³/mol. The van der Waals surface area contributed by atoms with Crippen LogP contribution in [0.25, 0.3) is 0 Å². The van der Waals surface area contributed by atoms with Gasteiger partial charge in [-0.05, 0) is 39.0 Å². The van der Waals surface area contributed by atoms with E-state index in [1.807, 2.05) is 6.07 Å². The van der Waals surface area contributed by atoms with Crippen LogP contribution in [0.4, 0.5) is 8.78 Å². The summed E-state index contributed by atoms with van der Waals surface area (Å²) in [6.07, 6.45) is 0. The lowest BCUT2D eigenvalue weighted by molar-refractivity contribution is 0.407. The van der Waals surface area contributed by atoms with E-state index in [0.29, 0.717) is 6.54 Å². The summed E-state index contributed by atoms with van der Waals surface area (Å²) in [5, 5.41) is 3.30. The first-order chi connectivity index (χ1) is 9.83. The lowest BCUT2D eigenvalue weighted by Gasteiger charge is -2.20. The van der Waals surface area contributed by atoms with E-state index in [9.17, 15) is 8.78 Å². The number of aromatic nitrogens is 1. The SMILES string of the molecule is CC(C)(C)NCc1cccc(Oc2cc(F)ccc2F)n1. The zero-order chi connectivity index (χ0) is 15.5. The average molecular weight is 292 g/mol. The van der Waals surface area contributed by atoms with Crippen LogP contribution in [-0.2, 0) is 6.54 Å². The van der Waals surface area contributed by atoms with Crippen LogP contribution < -0.4 is 10.1 Å². The number of halogens is 2. The van der Waals surface area contributed by atoms with E-state index in [2.05, 4.69) is 31.1 Å². The van der Waals surface area contributed by atoms with Crippen molar-refractivity contribution in [2.45, 2.75) is 32.9 Å². The van der Waals surface area contributed by atoms with Gasteiger partial charge >= 0.3 is 0 Å². The van der Waals surface area contributed by atoms with Gasteiger partial charge in [-0.15, -0.1) is 0 Å². The number of benzene rings is 1. The number of nitrogens with one attached hydrogen (secondary N) is 1. The van der Waals surface area contributed by atoms with Gasteiger partial charge in [0.1, 0.15) is 5.82 Å². The number of nitrogens with zero attached hydrogens (tertiary/aromatic N) is 1. The van der Waals surface area contributed by atoms with Gasteiger partial charge in [0.05, 0.1) is 5.69 Å². The van der Waals surface area contributed by atoms with Crippen LogP contribution >= 0.6 is 0 Å². The third-order valence-electron chi connectivity index (χ3n) is 2.69. The van der Waals surface area contributed by atoms with E-state index >= 15 is 0 Å². The molecule has 1 aromatic carbocycles. The highest BCUT2D eigenvalue weighted by atomic mass is 19.1. The lowest BCUT2D eigenvalue weighted by atomic mass is 10.1. The van der Waals surface area contributed by atoms with Crippen LogP contribution in [0, 0.1) is 11.6 Å². The summed E-state index contributed by atoms with van der Waals surface area (Å²) >= 11 is 0. The minimum atomic E-state index is -0.628. The molecule has 0 unspecified atom stereocenters. The second kappa shape index (κ2) is 6.18. The van der Waals surface area contributed by atoms with Gasteiger partial charge < -0.3 is 10.1 Å². The Labute approximate surface area is 123 Å². The molecule has 0 bridgehead atoms. The first kappa shape index (κ1) is 15.4. The summed E-state index contributed by atoms with van der Waals surface area (Å²) in [7, 11) is 0. The van der Waals surface area contributed by atoms with Crippen molar-refractivity contribution < 1.29 is 13.5 Å². The molecule has 0 saturated heterocycles. The molecule has 21 heavy (non-hydrogen) atoms. The standard InChI is InChI=1S/C16H18F2N2O/c1-16(2,3)19-10-12-5-4-6-15(20-12)21-14-9-11(17)7-8-13(14)18/h4-9,19H,10H2,1-3H3. The summed E-state index contributed by atoms with van der Waals surface area (Å²) in [5.74, 6) is -1.13. The monoisotopic (exact) mass is 292 g/mol. The Balaban J connectivity index is 2.12. The Morgan fingerprint density at radius 2 is 1.90 bits per heavy atom. The van der Waals surface area contributed by atoms with Crippen molar-refractivity contribution in [3.05, 3.63) is 53.7 Å². The summed E-state index contributed by atoms with van der Waals surface area (Å²) < 4.78 is 31.9. The molecule has 2 aromatic rings. The molecule has 5 heteroatoms. The maximum atomic E-state index is 13.5. The molecule has 1 heterocycles. The fourth-order valence-corrected chi connectivity index (χ4v) is 1.64. The molecule has 0 aliphatic rings. The van der Waals surface area contributed by atoms with Crippen LogP contribution in [0.1, 0.15) is 26.5 Å². The quantitative estimate of drug-likeness (QED) is 0.923. The van der Waals surface area contributed by atoms with Crippen LogP contribution in [-0.4, -0.2) is 10.5 Å². The van der Waals surface area contributed by atoms with Crippen molar-refractivity contribution in [3.8, 4) is 11.6 Å². The Morgan fingerprint density at radius 3 is 2.62 bits per heavy atom. The van der Waals surface area contributed by atoms with Crippen LogP contribution in [0.2, 0.25) is 0 Å². The zero-order valence-corrected chi connectivity index (χ0v) is 12.3. The van der Waals surface area contributed by atoms with Crippen molar-refractivity contribution in [1.82, 2.24) is 10.3 Å². The molecule has 0 amide bonds. The summed E-state index contributed by atoms with van der Waals surface area (Å²) in [4.78, 5) is 4.27. The van der Waals surface area contributed by atoms with Gasteiger partial charge in [-0.1, -0.05) is 6.07 Å². The third-order valence-corrected chi connectivity index (χ3v) is 2.69. The number of ether oxygens (including phenoxy) is 1. The second-order valence-corrected chi connectivity index (χ2v) is 5.75. The van der Waals surface area contributed by atoms with Gasteiger partial charge in [0.2, 0.25) is 5.88 Å². The summed E-state index contributed by atoms with van der Waals surface area (Å²) in [5.41, 5.74) is 0.729. The number of rotatable bonds is 4. The van der Waals surface area contributed by atoms with Crippen molar-refractivity contribution >= 4 is 0 Å². The average Bonchev–Trinajstić information content (AvgIpc) is 2.40. The normalized spacial score (nSPS) is 11.5. The van der Waals surface area contributed by atoms with Gasteiger partial charge in [-0.3, -0.25) is 0 Å². The highest BCUT2D eigenvalue weighted by Gasteiger charge is 2.10. The van der Waals surface area contributed by atoms with Crippen molar-refractivity contribution in [3.63, 3.8) is 0 Å². The van der Waals surface area contributed by atoms with E-state index in [4.69, 9.17) is 4.74 Å². The van der Waals surface area contributed by atoms with E-state index in [1.165, 1.54) is 0 Å². The molecular weight excluding hydrogens is 274 g/mol. The summed E-state index contributed by atoms with van der Waals surface area (Å²) in [6, 6.07) is 8.27. The molecule has 1 N–H and O–H groups in total. The maximum absolute atomic E-state index is 13.5. The Kier molecular flexibility index (Phi) is 4.53. The van der Waals surface area contributed by atoms with Gasteiger partial charge in [0, 0.05) is 24.2 Å². The molecule has 0 spiro atoms. The predicted octanol–water partition coefficient (Wildman–Crippen LogP) is 4.04. The first-order valence-corrected chi connectivity index (χ1v) is 6.67. The van der Waals surface area contributed by atoms with Crippen LogP contribution in [0.5, 0.6) is 11.6 Å². The van der Waals surface area contributed by atoms with E-state index in [1.54, 1.807) is 12.1 Å². The lowest BCUT2D eigenvalue weighted by Crippen LogP contribution is -2.35. The summed E-state index contributed by atoms with van der Waals surface area (Å²) in [6.45, 7) is 6.72. The molecule has 1 aromatic heterocycles. The molecule has 0 atom stereocenters. The van der Waals surface area contributed by atoms with E-state index in [0.717, 1.165) is 23.9 Å². The minimum Gasteiger partial charge on any atom is -0.436 e. The Bertz CT molecular complexity index is 624. The van der Waals surface area contributed by atoms with Crippen molar-refractivity contribution in [2.24, 2.45) is 0 Å². The minimum absolute atomic E-state index is 0.0345. The van der Waals surface area contributed by atoms with Crippen molar-refractivity contribution in [1.29, 1.82) is 0 Å². The van der Waals surface area contributed by atoms with Gasteiger partial charge in [0.15, 0.2) is 11.6 Å². The molecule has 3 nitrogen and oxygen atoms in total. The van der Waals surface area contributed by atoms with Gasteiger partial charge in [-0.2, -0.15) is 0 Å². The molecule has 0 aliphatic carbocycles. The molecule has 2 rings (SSSR count). The zero-order valence-electron chi connectivity index (χ0n) is 12.3. The smallest absolute Gasteiger partial charge is 0.219 e. The fraction of sp³-hybridized carbons (Fsp3) is 0.312. The van der Waals surface area contributed by atoms with Crippen molar-refractivity contribution in [2.75, 3.05) is 0 Å². The molecule has 0 aliphatic heterocycles. The first-order valence-electron chi connectivity index (χ1n) is 6.67. The van der Waals surface area contributed by atoms with E-state index in [-0.39, 0.29) is 17.2 Å². The highest BCUT2D eigenvalue weighted by Crippen LogP contribution is 2.24. The molecular formula is C16H18F2N2O. The molecule has 0 saturated carbocycles. The molecule has 0 fully saturated rings. The maximum Gasteiger partial charge on any atom is 0.219 e. The highest BCUT2D eigenvalue weighted by molar-refractivity contribution is 5.29.